The number of nitrogens with two attached hydrogens (primary N) is 1. The summed E-state index contributed by atoms with van der Waals surface area (Å²) in [5, 5.41) is 0. The predicted octanol–water partition coefficient (Wildman–Crippen LogP) is 3.34. The van der Waals surface area contributed by atoms with Crippen molar-refractivity contribution in [2.45, 2.75) is 23.3 Å². The maximum absolute atomic E-state index is 13.3. The summed E-state index contributed by atoms with van der Waals surface area (Å²) in [6.07, 6.45) is 1.63. The van der Waals surface area contributed by atoms with Crippen LogP contribution in [0.3, 0.4) is 0 Å². The third-order valence-electron chi connectivity index (χ3n) is 2.21. The van der Waals surface area contributed by atoms with Gasteiger partial charge in [0.05, 0.1) is 11.2 Å². The smallest absolute Gasteiger partial charge is 0.124 e. The van der Waals surface area contributed by atoms with Crippen LogP contribution >= 0.6 is 11.8 Å². The summed E-state index contributed by atoms with van der Waals surface area (Å²) < 4.78 is 18.4. The molecule has 0 saturated carbocycles. The van der Waals surface area contributed by atoms with Gasteiger partial charge in [0, 0.05) is 11.4 Å². The van der Waals surface area contributed by atoms with Gasteiger partial charge in [-0.3, -0.25) is 0 Å². The lowest BCUT2D eigenvalue weighted by Gasteiger charge is -2.03. The van der Waals surface area contributed by atoms with Crippen LogP contribution in [0.2, 0.25) is 0 Å². The zero-order valence-corrected chi connectivity index (χ0v) is 9.68. The summed E-state index contributed by atoms with van der Waals surface area (Å²) in [6, 6.07) is 6.70. The average Bonchev–Trinajstić information content (AvgIpc) is 2.63. The molecule has 0 saturated heterocycles. The van der Waals surface area contributed by atoms with E-state index in [9.17, 15) is 4.39 Å². The van der Waals surface area contributed by atoms with Gasteiger partial charge in [-0.25, -0.2) is 4.39 Å². The van der Waals surface area contributed by atoms with Gasteiger partial charge in [0.25, 0.3) is 0 Å². The van der Waals surface area contributed by atoms with Crippen LogP contribution < -0.4 is 5.73 Å². The summed E-state index contributed by atoms with van der Waals surface area (Å²) in [5.41, 5.74) is 6.29. The first-order chi connectivity index (χ1) is 7.69. The van der Waals surface area contributed by atoms with E-state index in [0.29, 0.717) is 6.54 Å². The third-order valence-corrected chi connectivity index (χ3v) is 3.32. The topological polar surface area (TPSA) is 39.2 Å². The van der Waals surface area contributed by atoms with Crippen LogP contribution in [0.25, 0.3) is 0 Å². The van der Waals surface area contributed by atoms with Crippen molar-refractivity contribution in [2.75, 3.05) is 0 Å². The molecule has 4 heteroatoms. The second-order valence-electron chi connectivity index (χ2n) is 3.44. The van der Waals surface area contributed by atoms with Crippen LogP contribution in [0.1, 0.15) is 11.3 Å². The van der Waals surface area contributed by atoms with Gasteiger partial charge in [-0.15, -0.1) is 0 Å². The van der Waals surface area contributed by atoms with Crippen LogP contribution in [0.5, 0.6) is 0 Å². The first-order valence-electron chi connectivity index (χ1n) is 4.90. The molecule has 0 spiro atoms. The van der Waals surface area contributed by atoms with Crippen LogP contribution in [-0.4, -0.2) is 0 Å². The molecule has 2 nitrogen and oxygen atoms in total. The van der Waals surface area contributed by atoms with E-state index in [1.54, 1.807) is 6.26 Å². The molecule has 0 atom stereocenters. The normalized spacial score (nSPS) is 10.7. The molecule has 1 heterocycles. The summed E-state index contributed by atoms with van der Waals surface area (Å²) >= 11 is 1.48. The van der Waals surface area contributed by atoms with Crippen molar-refractivity contribution in [3.05, 3.63) is 47.7 Å². The number of benzene rings is 1. The first kappa shape index (κ1) is 11.2. The molecule has 0 amide bonds. The molecule has 0 aliphatic heterocycles. The van der Waals surface area contributed by atoms with Gasteiger partial charge in [-0.1, -0.05) is 11.8 Å². The highest BCUT2D eigenvalue weighted by molar-refractivity contribution is 7.99. The number of rotatable bonds is 3. The van der Waals surface area contributed by atoms with Gasteiger partial charge in [0.2, 0.25) is 0 Å². The Hall–Kier alpha value is -1.26. The van der Waals surface area contributed by atoms with Gasteiger partial charge in [0.1, 0.15) is 11.6 Å². The average molecular weight is 237 g/mol. The Morgan fingerprint density at radius 2 is 2.19 bits per heavy atom. The Morgan fingerprint density at radius 3 is 2.81 bits per heavy atom. The maximum Gasteiger partial charge on any atom is 0.124 e. The zero-order chi connectivity index (χ0) is 11.5. The Morgan fingerprint density at radius 1 is 1.38 bits per heavy atom. The fourth-order valence-corrected chi connectivity index (χ4v) is 2.35. The molecule has 84 valence electrons. The number of aryl methyl sites for hydroxylation is 1. The standard InChI is InChI=1S/C12H12FNOS/c1-8-12(2-3-15-8)16-11-5-9(7-14)4-10(13)6-11/h2-6H,7,14H2,1H3. The Labute approximate surface area is 97.6 Å². The van der Waals surface area contributed by atoms with Crippen molar-refractivity contribution < 1.29 is 8.81 Å². The summed E-state index contributed by atoms with van der Waals surface area (Å²) in [5.74, 6) is 0.579. The van der Waals surface area contributed by atoms with Crippen molar-refractivity contribution in [3.8, 4) is 0 Å². The van der Waals surface area contributed by atoms with Crippen LogP contribution in [0.4, 0.5) is 4.39 Å². The van der Waals surface area contributed by atoms with E-state index < -0.39 is 0 Å². The minimum absolute atomic E-state index is 0.258. The number of furan rings is 1. The largest absolute Gasteiger partial charge is 0.468 e. The second-order valence-corrected chi connectivity index (χ2v) is 4.56. The molecular formula is C12H12FNOS. The zero-order valence-electron chi connectivity index (χ0n) is 8.87. The number of hydrogen-bond acceptors (Lipinski definition) is 3. The van der Waals surface area contributed by atoms with E-state index in [0.717, 1.165) is 21.1 Å². The highest BCUT2D eigenvalue weighted by Gasteiger charge is 2.06. The molecule has 0 radical (unpaired) electrons. The SMILES string of the molecule is Cc1occc1Sc1cc(F)cc(CN)c1. The van der Waals surface area contributed by atoms with E-state index in [-0.39, 0.29) is 5.82 Å². The molecule has 16 heavy (non-hydrogen) atoms. The van der Waals surface area contributed by atoms with E-state index in [4.69, 9.17) is 10.2 Å². The molecule has 0 unspecified atom stereocenters. The van der Waals surface area contributed by atoms with Crippen LogP contribution in [-0.2, 0) is 6.54 Å². The molecule has 0 fully saturated rings. The number of halogens is 1. The van der Waals surface area contributed by atoms with Crippen molar-refractivity contribution in [2.24, 2.45) is 5.73 Å². The molecule has 0 aliphatic rings. The Balaban J connectivity index is 2.28. The van der Waals surface area contributed by atoms with Gasteiger partial charge in [0.15, 0.2) is 0 Å². The predicted molar refractivity (Wildman–Crippen MR) is 61.9 cm³/mol. The van der Waals surface area contributed by atoms with Crippen LogP contribution in [0.15, 0.2) is 44.7 Å². The molecular weight excluding hydrogens is 225 g/mol. The van der Waals surface area contributed by atoms with Gasteiger partial charge >= 0.3 is 0 Å². The fourth-order valence-electron chi connectivity index (χ4n) is 1.40. The first-order valence-corrected chi connectivity index (χ1v) is 5.72. The van der Waals surface area contributed by atoms with Crippen LogP contribution in [0, 0.1) is 12.7 Å². The molecule has 2 aromatic rings. The number of hydrogen-bond donors (Lipinski definition) is 1. The lowest BCUT2D eigenvalue weighted by atomic mass is 10.2. The maximum atomic E-state index is 13.3. The van der Waals surface area contributed by atoms with Crippen molar-refractivity contribution >= 4 is 11.8 Å². The van der Waals surface area contributed by atoms with E-state index in [1.807, 2.05) is 19.1 Å². The minimum Gasteiger partial charge on any atom is -0.468 e. The van der Waals surface area contributed by atoms with Gasteiger partial charge in [-0.2, -0.15) is 0 Å². The second kappa shape index (κ2) is 4.72. The summed E-state index contributed by atoms with van der Waals surface area (Å²) in [7, 11) is 0. The molecule has 0 bridgehead atoms. The van der Waals surface area contributed by atoms with E-state index >= 15 is 0 Å². The molecule has 2 N–H and O–H groups in total. The third kappa shape index (κ3) is 2.46. The molecule has 1 aromatic heterocycles. The quantitative estimate of drug-likeness (QED) is 0.889. The van der Waals surface area contributed by atoms with Crippen molar-refractivity contribution in [1.82, 2.24) is 0 Å². The lowest BCUT2D eigenvalue weighted by Crippen LogP contribution is -1.96. The highest BCUT2D eigenvalue weighted by Crippen LogP contribution is 2.31. The minimum atomic E-state index is -0.258. The molecule has 2 rings (SSSR count). The van der Waals surface area contributed by atoms with Crippen molar-refractivity contribution in [3.63, 3.8) is 0 Å². The van der Waals surface area contributed by atoms with Crippen molar-refractivity contribution in [1.29, 1.82) is 0 Å². The van der Waals surface area contributed by atoms with E-state index in [1.165, 1.54) is 23.9 Å². The fraction of sp³-hybridized carbons (Fsp3) is 0.167. The highest BCUT2D eigenvalue weighted by atomic mass is 32.2. The van der Waals surface area contributed by atoms with E-state index in [2.05, 4.69) is 0 Å². The summed E-state index contributed by atoms with van der Waals surface area (Å²) in [4.78, 5) is 1.83. The Bertz CT molecular complexity index is 496. The Kier molecular flexibility index (Phi) is 3.31. The summed E-state index contributed by atoms with van der Waals surface area (Å²) in [6.45, 7) is 2.22. The lowest BCUT2D eigenvalue weighted by molar-refractivity contribution is 0.527. The molecule has 0 aliphatic carbocycles. The monoisotopic (exact) mass is 237 g/mol. The molecule has 1 aromatic carbocycles. The van der Waals surface area contributed by atoms with Gasteiger partial charge < -0.3 is 10.2 Å². The van der Waals surface area contributed by atoms with Gasteiger partial charge in [-0.05, 0) is 36.8 Å².